The molecule has 0 radical (unpaired) electrons. The first-order valence-corrected chi connectivity index (χ1v) is 8.07. The number of hydrogen-bond donors (Lipinski definition) is 0. The number of carbonyl (C=O) groups is 1. The van der Waals surface area contributed by atoms with Crippen LogP contribution in [0.25, 0.3) is 0 Å². The van der Waals surface area contributed by atoms with E-state index in [1.54, 1.807) is 11.3 Å². The van der Waals surface area contributed by atoms with Gasteiger partial charge in [0, 0.05) is 18.0 Å². The van der Waals surface area contributed by atoms with Gasteiger partial charge < -0.3 is 4.90 Å². The Morgan fingerprint density at radius 2 is 2.05 bits per heavy atom. The van der Waals surface area contributed by atoms with Crippen molar-refractivity contribution in [2.24, 2.45) is 5.92 Å². The fourth-order valence-electron chi connectivity index (χ4n) is 2.57. The molecule has 104 valence electrons. The van der Waals surface area contributed by atoms with E-state index in [1.807, 2.05) is 39.9 Å². The van der Waals surface area contributed by atoms with Crippen molar-refractivity contribution in [3.63, 3.8) is 0 Å². The summed E-state index contributed by atoms with van der Waals surface area (Å²) in [7, 11) is 0. The lowest BCUT2D eigenvalue weighted by Crippen LogP contribution is -2.39. The van der Waals surface area contributed by atoms with E-state index in [9.17, 15) is 4.79 Å². The molecule has 0 bridgehead atoms. The summed E-state index contributed by atoms with van der Waals surface area (Å²) in [4.78, 5) is 14.8. The number of carbonyl (C=O) groups excluding carboxylic acids is 1. The van der Waals surface area contributed by atoms with E-state index in [1.165, 1.54) is 18.4 Å². The van der Waals surface area contributed by atoms with Crippen molar-refractivity contribution in [2.45, 2.75) is 32.4 Å². The van der Waals surface area contributed by atoms with Crippen LogP contribution in [0, 0.1) is 5.92 Å². The van der Waals surface area contributed by atoms with E-state index >= 15 is 0 Å². The number of benzene rings is 1. The number of thiophene rings is 1. The molecule has 1 aromatic carbocycles. The van der Waals surface area contributed by atoms with Crippen LogP contribution in [0.15, 0.2) is 47.2 Å². The maximum Gasteiger partial charge on any atom is 0.255 e. The average molecular weight is 285 g/mol. The van der Waals surface area contributed by atoms with Crippen LogP contribution in [0.4, 0.5) is 0 Å². The summed E-state index contributed by atoms with van der Waals surface area (Å²) in [5.74, 6) is 0.843. The topological polar surface area (TPSA) is 20.3 Å². The van der Waals surface area contributed by atoms with Crippen LogP contribution in [-0.2, 0) is 6.54 Å². The van der Waals surface area contributed by atoms with E-state index in [0.29, 0.717) is 18.5 Å². The van der Waals surface area contributed by atoms with Gasteiger partial charge in [0.2, 0.25) is 0 Å². The molecular weight excluding hydrogens is 266 g/mol. The predicted molar refractivity (Wildman–Crippen MR) is 82.8 cm³/mol. The zero-order valence-corrected chi connectivity index (χ0v) is 12.5. The fourth-order valence-corrected chi connectivity index (χ4v) is 3.20. The highest BCUT2D eigenvalue weighted by atomic mass is 32.1. The molecule has 1 saturated carbocycles. The lowest BCUT2D eigenvalue weighted by atomic mass is 10.1. The van der Waals surface area contributed by atoms with Crippen LogP contribution in [0.2, 0.25) is 0 Å². The molecule has 0 saturated heterocycles. The normalized spacial score (nSPS) is 15.8. The van der Waals surface area contributed by atoms with Gasteiger partial charge in [-0.25, -0.2) is 0 Å². The summed E-state index contributed by atoms with van der Waals surface area (Å²) in [6.45, 7) is 2.89. The molecule has 1 heterocycles. The summed E-state index contributed by atoms with van der Waals surface area (Å²) in [6, 6.07) is 12.5. The Morgan fingerprint density at radius 3 is 2.65 bits per heavy atom. The highest BCUT2D eigenvalue weighted by Gasteiger charge is 2.34. The van der Waals surface area contributed by atoms with Crippen molar-refractivity contribution < 1.29 is 4.79 Å². The van der Waals surface area contributed by atoms with Crippen molar-refractivity contribution >= 4 is 17.2 Å². The average Bonchev–Trinajstić information content (AvgIpc) is 3.19. The minimum absolute atomic E-state index is 0.162. The Hall–Kier alpha value is -1.61. The van der Waals surface area contributed by atoms with Crippen molar-refractivity contribution in [1.29, 1.82) is 0 Å². The molecule has 1 aliphatic carbocycles. The van der Waals surface area contributed by atoms with E-state index < -0.39 is 0 Å². The highest BCUT2D eigenvalue weighted by Crippen LogP contribution is 2.36. The fraction of sp³-hybridized carbons (Fsp3) is 0.353. The minimum atomic E-state index is 0.162. The van der Waals surface area contributed by atoms with E-state index in [0.717, 1.165) is 5.56 Å². The quantitative estimate of drug-likeness (QED) is 0.806. The molecule has 3 heteroatoms. The summed E-state index contributed by atoms with van der Waals surface area (Å²) in [5, 5.41) is 3.91. The second-order valence-corrected chi connectivity index (χ2v) is 6.29. The van der Waals surface area contributed by atoms with Gasteiger partial charge in [-0.05, 0) is 42.7 Å². The molecule has 0 aliphatic heterocycles. The van der Waals surface area contributed by atoms with Gasteiger partial charge >= 0.3 is 0 Å². The smallest absolute Gasteiger partial charge is 0.255 e. The molecule has 1 unspecified atom stereocenters. The molecule has 1 amide bonds. The van der Waals surface area contributed by atoms with Gasteiger partial charge in [-0.15, -0.1) is 0 Å². The molecular formula is C17H19NOS. The van der Waals surface area contributed by atoms with Crippen LogP contribution in [0.3, 0.4) is 0 Å². The summed E-state index contributed by atoms with van der Waals surface area (Å²) >= 11 is 1.58. The molecule has 1 fully saturated rings. The van der Waals surface area contributed by atoms with Crippen LogP contribution in [0.1, 0.15) is 35.7 Å². The van der Waals surface area contributed by atoms with Crippen molar-refractivity contribution in [2.75, 3.05) is 0 Å². The lowest BCUT2D eigenvalue weighted by molar-refractivity contribution is 0.0655. The zero-order valence-electron chi connectivity index (χ0n) is 11.7. The molecule has 0 N–H and O–H groups in total. The number of amides is 1. The maximum atomic E-state index is 12.7. The Bertz CT molecular complexity index is 560. The van der Waals surface area contributed by atoms with Crippen molar-refractivity contribution in [1.82, 2.24) is 4.90 Å². The van der Waals surface area contributed by atoms with Crippen LogP contribution < -0.4 is 0 Å². The highest BCUT2D eigenvalue weighted by molar-refractivity contribution is 7.08. The van der Waals surface area contributed by atoms with Gasteiger partial charge in [0.15, 0.2) is 0 Å². The summed E-state index contributed by atoms with van der Waals surface area (Å²) < 4.78 is 0. The van der Waals surface area contributed by atoms with Gasteiger partial charge in [-0.2, -0.15) is 11.3 Å². The van der Waals surface area contributed by atoms with Gasteiger partial charge in [0.1, 0.15) is 0 Å². The lowest BCUT2D eigenvalue weighted by Gasteiger charge is -2.29. The molecule has 20 heavy (non-hydrogen) atoms. The zero-order chi connectivity index (χ0) is 13.9. The number of hydrogen-bond acceptors (Lipinski definition) is 2. The second-order valence-electron chi connectivity index (χ2n) is 5.51. The molecule has 3 rings (SSSR count). The van der Waals surface area contributed by atoms with Crippen LogP contribution in [0.5, 0.6) is 0 Å². The first-order chi connectivity index (χ1) is 9.75. The first-order valence-electron chi connectivity index (χ1n) is 7.13. The first kappa shape index (κ1) is 13.4. The molecule has 1 aromatic heterocycles. The second kappa shape index (κ2) is 5.80. The predicted octanol–water partition coefficient (Wildman–Crippen LogP) is 4.19. The molecule has 0 spiro atoms. The summed E-state index contributed by atoms with van der Waals surface area (Å²) in [6.07, 6.45) is 2.51. The standard InChI is InChI=1S/C17H19NOS/c1-13(15-7-8-15)18(11-14-5-3-2-4-6-14)17(19)16-9-10-20-12-16/h2-6,9-10,12-13,15H,7-8,11H2,1H3. The maximum absolute atomic E-state index is 12.7. The van der Waals surface area contributed by atoms with Crippen LogP contribution in [-0.4, -0.2) is 16.8 Å². The van der Waals surface area contributed by atoms with Gasteiger partial charge in [0.05, 0.1) is 5.56 Å². The third-order valence-electron chi connectivity index (χ3n) is 4.02. The van der Waals surface area contributed by atoms with E-state index in [-0.39, 0.29) is 5.91 Å². The SMILES string of the molecule is CC(C1CC1)N(Cc1ccccc1)C(=O)c1ccsc1. The Labute approximate surface area is 124 Å². The van der Waals surface area contributed by atoms with E-state index in [2.05, 4.69) is 19.1 Å². The van der Waals surface area contributed by atoms with E-state index in [4.69, 9.17) is 0 Å². The van der Waals surface area contributed by atoms with Gasteiger partial charge in [0.25, 0.3) is 5.91 Å². The molecule has 2 nitrogen and oxygen atoms in total. The Balaban J connectivity index is 1.82. The number of nitrogens with zero attached hydrogens (tertiary/aromatic N) is 1. The van der Waals surface area contributed by atoms with Crippen LogP contribution >= 0.6 is 11.3 Å². The van der Waals surface area contributed by atoms with Crippen molar-refractivity contribution in [3.8, 4) is 0 Å². The number of rotatable bonds is 5. The monoisotopic (exact) mass is 285 g/mol. The summed E-state index contributed by atoms with van der Waals surface area (Å²) in [5.41, 5.74) is 2.02. The minimum Gasteiger partial charge on any atom is -0.331 e. The largest absolute Gasteiger partial charge is 0.331 e. The molecule has 2 aromatic rings. The Kier molecular flexibility index (Phi) is 3.88. The third kappa shape index (κ3) is 2.93. The molecule has 1 aliphatic rings. The van der Waals surface area contributed by atoms with Gasteiger partial charge in [-0.1, -0.05) is 30.3 Å². The molecule has 1 atom stereocenters. The Morgan fingerprint density at radius 1 is 1.30 bits per heavy atom. The third-order valence-corrected chi connectivity index (χ3v) is 4.70. The van der Waals surface area contributed by atoms with Gasteiger partial charge in [-0.3, -0.25) is 4.79 Å². The van der Waals surface area contributed by atoms with Crippen molar-refractivity contribution in [3.05, 3.63) is 58.3 Å².